The Morgan fingerprint density at radius 1 is 1.24 bits per heavy atom. The molecule has 1 N–H and O–H groups in total. The Morgan fingerprint density at radius 2 is 1.90 bits per heavy atom. The predicted octanol–water partition coefficient (Wildman–Crippen LogP) is 3.97. The Balaban J connectivity index is 2.21. The molecule has 2 heterocycles. The second kappa shape index (κ2) is 7.10. The second-order valence-corrected chi connectivity index (χ2v) is 6.50. The molecule has 1 aliphatic heterocycles. The number of hydrogen-bond donors (Lipinski definition) is 1. The van der Waals surface area contributed by atoms with Gasteiger partial charge in [0.15, 0.2) is 0 Å². The maximum atomic E-state index is 4.85. The smallest absolute Gasteiger partial charge is 0.137 e. The Kier molecular flexibility index (Phi) is 5.43. The van der Waals surface area contributed by atoms with E-state index in [2.05, 4.69) is 42.9 Å². The zero-order valence-electron chi connectivity index (χ0n) is 14.2. The molecule has 1 aromatic rings. The Hall–Kier alpha value is -1.32. The first kappa shape index (κ1) is 16.1. The van der Waals surface area contributed by atoms with Crippen LogP contribution in [0.3, 0.4) is 0 Å². The quantitative estimate of drug-likeness (QED) is 0.891. The van der Waals surface area contributed by atoms with Crippen LogP contribution < -0.4 is 10.2 Å². The van der Waals surface area contributed by atoms with Gasteiger partial charge in [0.2, 0.25) is 0 Å². The fourth-order valence-corrected chi connectivity index (χ4v) is 3.17. The van der Waals surface area contributed by atoms with Gasteiger partial charge < -0.3 is 10.2 Å². The summed E-state index contributed by atoms with van der Waals surface area (Å²) >= 11 is 0. The zero-order valence-corrected chi connectivity index (χ0v) is 14.2. The molecular formula is C17H30N4. The van der Waals surface area contributed by atoms with Crippen molar-refractivity contribution in [2.45, 2.75) is 59.3 Å². The third-order valence-electron chi connectivity index (χ3n) is 4.50. The number of rotatable bonds is 5. The summed E-state index contributed by atoms with van der Waals surface area (Å²) in [4.78, 5) is 11.9. The first-order valence-electron chi connectivity index (χ1n) is 8.38. The highest BCUT2D eigenvalue weighted by Gasteiger charge is 2.23. The summed E-state index contributed by atoms with van der Waals surface area (Å²) in [5, 5.41) is 3.22. The Morgan fingerprint density at radius 3 is 2.43 bits per heavy atom. The molecule has 0 saturated carbocycles. The summed E-state index contributed by atoms with van der Waals surface area (Å²) in [5.74, 6) is 4.30. The van der Waals surface area contributed by atoms with Crippen molar-refractivity contribution in [3.63, 3.8) is 0 Å². The lowest BCUT2D eigenvalue weighted by molar-refractivity contribution is 0.377. The van der Waals surface area contributed by atoms with Crippen molar-refractivity contribution in [1.82, 2.24) is 9.97 Å². The van der Waals surface area contributed by atoms with Crippen LogP contribution in [0.25, 0.3) is 0 Å². The molecule has 0 aromatic carbocycles. The molecule has 1 aliphatic rings. The average molecular weight is 290 g/mol. The van der Waals surface area contributed by atoms with Crippen LogP contribution in [-0.4, -0.2) is 30.1 Å². The van der Waals surface area contributed by atoms with Gasteiger partial charge >= 0.3 is 0 Å². The van der Waals surface area contributed by atoms with E-state index in [1.807, 2.05) is 7.05 Å². The summed E-state index contributed by atoms with van der Waals surface area (Å²) in [6.45, 7) is 11.0. The van der Waals surface area contributed by atoms with Crippen LogP contribution in [0.4, 0.5) is 11.6 Å². The van der Waals surface area contributed by atoms with E-state index in [9.17, 15) is 0 Å². The van der Waals surface area contributed by atoms with Crippen LogP contribution in [-0.2, 0) is 0 Å². The number of aromatic nitrogens is 2. The summed E-state index contributed by atoms with van der Waals surface area (Å²) in [7, 11) is 1.94. The molecule has 118 valence electrons. The minimum absolute atomic E-state index is 0.356. The first-order chi connectivity index (χ1) is 10.1. The Bertz CT molecular complexity index is 462. The summed E-state index contributed by atoms with van der Waals surface area (Å²) in [6.07, 6.45) is 5.26. The van der Waals surface area contributed by atoms with E-state index in [1.165, 1.54) is 31.2 Å². The largest absolute Gasteiger partial charge is 0.373 e. The number of nitrogens with zero attached hydrogens (tertiary/aromatic N) is 3. The van der Waals surface area contributed by atoms with Crippen molar-refractivity contribution in [2.24, 2.45) is 5.92 Å². The van der Waals surface area contributed by atoms with E-state index in [0.717, 1.165) is 36.5 Å². The van der Waals surface area contributed by atoms with Crippen molar-refractivity contribution >= 4 is 11.6 Å². The molecular weight excluding hydrogens is 260 g/mol. The number of piperidine rings is 1. The van der Waals surface area contributed by atoms with Crippen LogP contribution in [0.15, 0.2) is 0 Å². The third kappa shape index (κ3) is 3.66. The molecule has 0 spiro atoms. The molecule has 1 saturated heterocycles. The standard InChI is InChI=1S/C17H30N4/c1-6-7-14-8-10-21(11-9-14)17-13(4)16(18-5)19-15(20-17)12(2)3/h12,14H,6-11H2,1-5H3,(H,18,19,20). The molecule has 4 heteroatoms. The fraction of sp³-hybridized carbons (Fsp3) is 0.765. The van der Waals surface area contributed by atoms with Crippen molar-refractivity contribution in [1.29, 1.82) is 0 Å². The maximum absolute atomic E-state index is 4.85. The molecule has 21 heavy (non-hydrogen) atoms. The lowest BCUT2D eigenvalue weighted by atomic mass is 9.92. The molecule has 0 atom stereocenters. The van der Waals surface area contributed by atoms with Crippen LogP contribution in [0, 0.1) is 12.8 Å². The van der Waals surface area contributed by atoms with Crippen LogP contribution in [0.5, 0.6) is 0 Å². The summed E-state index contributed by atoms with van der Waals surface area (Å²) in [5.41, 5.74) is 1.18. The monoisotopic (exact) mass is 290 g/mol. The highest BCUT2D eigenvalue weighted by atomic mass is 15.2. The van der Waals surface area contributed by atoms with Gasteiger partial charge in [0.1, 0.15) is 17.5 Å². The van der Waals surface area contributed by atoms with Gasteiger partial charge in [-0.05, 0) is 25.7 Å². The van der Waals surface area contributed by atoms with Crippen LogP contribution in [0.1, 0.15) is 63.8 Å². The van der Waals surface area contributed by atoms with Gasteiger partial charge in [-0.2, -0.15) is 0 Å². The highest BCUT2D eigenvalue weighted by molar-refractivity contribution is 5.58. The van der Waals surface area contributed by atoms with E-state index >= 15 is 0 Å². The van der Waals surface area contributed by atoms with Crippen molar-refractivity contribution in [3.8, 4) is 0 Å². The van der Waals surface area contributed by atoms with E-state index < -0.39 is 0 Å². The Labute approximate surface area is 129 Å². The van der Waals surface area contributed by atoms with Gasteiger partial charge in [0.05, 0.1) is 0 Å². The third-order valence-corrected chi connectivity index (χ3v) is 4.50. The SMILES string of the molecule is CCCC1CCN(c2nc(C(C)C)nc(NC)c2C)CC1. The van der Waals surface area contributed by atoms with Gasteiger partial charge in [-0.3, -0.25) is 0 Å². The molecule has 0 radical (unpaired) electrons. The maximum Gasteiger partial charge on any atom is 0.137 e. The number of anilines is 2. The lowest BCUT2D eigenvalue weighted by Crippen LogP contribution is -2.35. The van der Waals surface area contributed by atoms with Gasteiger partial charge in [-0.1, -0.05) is 33.6 Å². The minimum atomic E-state index is 0.356. The molecule has 2 rings (SSSR count). The van der Waals surface area contributed by atoms with E-state index in [0.29, 0.717) is 5.92 Å². The van der Waals surface area contributed by atoms with Crippen LogP contribution >= 0.6 is 0 Å². The molecule has 0 bridgehead atoms. The fourth-order valence-electron chi connectivity index (χ4n) is 3.17. The number of hydrogen-bond acceptors (Lipinski definition) is 4. The van der Waals surface area contributed by atoms with Gasteiger partial charge in [0, 0.05) is 31.6 Å². The first-order valence-corrected chi connectivity index (χ1v) is 8.38. The summed E-state index contributed by atoms with van der Waals surface area (Å²) < 4.78 is 0. The number of nitrogens with one attached hydrogen (secondary N) is 1. The summed E-state index contributed by atoms with van der Waals surface area (Å²) in [6, 6.07) is 0. The van der Waals surface area contributed by atoms with E-state index in [-0.39, 0.29) is 0 Å². The molecule has 1 fully saturated rings. The van der Waals surface area contributed by atoms with Crippen molar-refractivity contribution < 1.29 is 0 Å². The normalized spacial score (nSPS) is 16.6. The zero-order chi connectivity index (χ0) is 15.4. The highest BCUT2D eigenvalue weighted by Crippen LogP contribution is 2.30. The van der Waals surface area contributed by atoms with Gasteiger partial charge in [0.25, 0.3) is 0 Å². The van der Waals surface area contributed by atoms with E-state index in [4.69, 9.17) is 4.98 Å². The molecule has 1 aromatic heterocycles. The van der Waals surface area contributed by atoms with Crippen molar-refractivity contribution in [3.05, 3.63) is 11.4 Å². The minimum Gasteiger partial charge on any atom is -0.373 e. The molecule has 0 unspecified atom stereocenters. The van der Waals surface area contributed by atoms with Crippen LogP contribution in [0.2, 0.25) is 0 Å². The predicted molar refractivity (Wildman–Crippen MR) is 90.2 cm³/mol. The molecule has 0 amide bonds. The second-order valence-electron chi connectivity index (χ2n) is 6.50. The average Bonchev–Trinajstić information content (AvgIpc) is 2.48. The molecule has 4 nitrogen and oxygen atoms in total. The van der Waals surface area contributed by atoms with Crippen molar-refractivity contribution in [2.75, 3.05) is 30.4 Å². The topological polar surface area (TPSA) is 41.1 Å². The molecule has 0 aliphatic carbocycles. The van der Waals surface area contributed by atoms with Gasteiger partial charge in [-0.15, -0.1) is 0 Å². The van der Waals surface area contributed by atoms with Gasteiger partial charge in [-0.25, -0.2) is 9.97 Å². The van der Waals surface area contributed by atoms with E-state index in [1.54, 1.807) is 0 Å². The lowest BCUT2D eigenvalue weighted by Gasteiger charge is -2.34.